The van der Waals surface area contributed by atoms with Crippen molar-refractivity contribution < 1.29 is 0 Å². The Morgan fingerprint density at radius 3 is 2.67 bits per heavy atom. The molecule has 0 spiro atoms. The molecule has 1 N–H and O–H groups in total. The van der Waals surface area contributed by atoms with Crippen molar-refractivity contribution >= 4 is 0 Å². The molecule has 1 rings (SSSR count). The summed E-state index contributed by atoms with van der Waals surface area (Å²) in [6.45, 7) is 11.0. The zero-order valence-corrected chi connectivity index (χ0v) is 5.91. The molecule has 1 fully saturated rings. The summed E-state index contributed by atoms with van der Waals surface area (Å²) in [5, 5.41) is 3.30. The summed E-state index contributed by atoms with van der Waals surface area (Å²) in [5.41, 5.74) is 2.38. The van der Waals surface area contributed by atoms with Crippen LogP contribution in [0.25, 0.3) is 0 Å². The van der Waals surface area contributed by atoms with Gasteiger partial charge in [-0.15, -0.1) is 0 Å². The van der Waals surface area contributed by atoms with Crippen molar-refractivity contribution in [1.29, 1.82) is 0 Å². The Labute approximate surface area is 56.5 Å². The van der Waals surface area contributed by atoms with Gasteiger partial charge in [0.15, 0.2) is 0 Å². The first-order valence-electron chi connectivity index (χ1n) is 3.32. The molecule has 0 aromatic heterocycles. The third kappa shape index (κ3) is 1.22. The molecule has 0 bridgehead atoms. The molecule has 0 amide bonds. The second-order valence-electron chi connectivity index (χ2n) is 2.55. The highest BCUT2D eigenvalue weighted by atomic mass is 14.9. The Morgan fingerprint density at radius 1 is 1.56 bits per heavy atom. The van der Waals surface area contributed by atoms with Crippen LogP contribution in [0, 0.1) is 0 Å². The summed E-state index contributed by atoms with van der Waals surface area (Å²) < 4.78 is 0. The van der Waals surface area contributed by atoms with Crippen LogP contribution >= 0.6 is 0 Å². The second kappa shape index (κ2) is 2.36. The molecular weight excluding hydrogens is 110 g/mol. The minimum absolute atomic E-state index is 0.436. The van der Waals surface area contributed by atoms with Crippen LogP contribution in [-0.2, 0) is 0 Å². The van der Waals surface area contributed by atoms with Crippen molar-refractivity contribution in [2.45, 2.75) is 19.4 Å². The Bertz CT molecular complexity index is 147. The number of rotatable bonds is 0. The van der Waals surface area contributed by atoms with E-state index in [0.29, 0.717) is 6.04 Å². The third-order valence-electron chi connectivity index (χ3n) is 1.85. The Hall–Kier alpha value is -0.560. The van der Waals surface area contributed by atoms with E-state index in [-0.39, 0.29) is 0 Å². The van der Waals surface area contributed by atoms with Gasteiger partial charge in [-0.05, 0) is 31.0 Å². The molecule has 1 heteroatoms. The van der Waals surface area contributed by atoms with Crippen LogP contribution in [0.3, 0.4) is 0 Å². The maximum atomic E-state index is 3.91. The molecule has 1 heterocycles. The Balaban J connectivity index is 2.62. The monoisotopic (exact) mass is 123 g/mol. The van der Waals surface area contributed by atoms with E-state index < -0.39 is 0 Å². The van der Waals surface area contributed by atoms with Gasteiger partial charge in [0.25, 0.3) is 0 Å². The van der Waals surface area contributed by atoms with Crippen LogP contribution < -0.4 is 5.32 Å². The first-order valence-corrected chi connectivity index (χ1v) is 3.32. The maximum absolute atomic E-state index is 3.91. The van der Waals surface area contributed by atoms with Gasteiger partial charge < -0.3 is 5.32 Å². The van der Waals surface area contributed by atoms with Gasteiger partial charge in [-0.2, -0.15) is 0 Å². The molecule has 0 aliphatic carbocycles. The molecule has 1 aliphatic rings. The average Bonchev–Trinajstić information content (AvgIpc) is 1.83. The van der Waals surface area contributed by atoms with Crippen LogP contribution in [0.1, 0.15) is 13.3 Å². The van der Waals surface area contributed by atoms with Gasteiger partial charge >= 0.3 is 0 Å². The lowest BCUT2D eigenvalue weighted by Crippen LogP contribution is -2.33. The molecule has 50 valence electrons. The summed E-state index contributed by atoms with van der Waals surface area (Å²) in [7, 11) is 0. The van der Waals surface area contributed by atoms with Gasteiger partial charge in [0.2, 0.25) is 0 Å². The van der Waals surface area contributed by atoms with Gasteiger partial charge in [-0.3, -0.25) is 0 Å². The smallest absolute Gasteiger partial charge is 0.0288 e. The highest BCUT2D eigenvalue weighted by Crippen LogP contribution is 2.17. The van der Waals surface area contributed by atoms with Crippen LogP contribution in [0.5, 0.6) is 0 Å². The molecule has 1 unspecified atom stereocenters. The lowest BCUT2D eigenvalue weighted by atomic mass is 9.96. The van der Waals surface area contributed by atoms with Gasteiger partial charge in [0.1, 0.15) is 0 Å². The minimum Gasteiger partial charge on any atom is -0.310 e. The highest BCUT2D eigenvalue weighted by Gasteiger charge is 2.13. The van der Waals surface area contributed by atoms with Crippen LogP contribution in [-0.4, -0.2) is 12.6 Å². The van der Waals surface area contributed by atoms with E-state index in [1.165, 1.54) is 11.1 Å². The van der Waals surface area contributed by atoms with E-state index in [2.05, 4.69) is 25.4 Å². The molecular formula is C8H13N. The van der Waals surface area contributed by atoms with Crippen molar-refractivity contribution in [2.24, 2.45) is 0 Å². The quantitative estimate of drug-likeness (QED) is 0.514. The normalized spacial score (nSPS) is 28.8. The first kappa shape index (κ1) is 6.56. The van der Waals surface area contributed by atoms with Gasteiger partial charge in [-0.1, -0.05) is 13.2 Å². The van der Waals surface area contributed by atoms with Gasteiger partial charge in [0.05, 0.1) is 0 Å². The van der Waals surface area contributed by atoms with Crippen molar-refractivity contribution in [2.75, 3.05) is 6.54 Å². The van der Waals surface area contributed by atoms with E-state index in [9.17, 15) is 0 Å². The second-order valence-corrected chi connectivity index (χ2v) is 2.55. The molecule has 1 nitrogen and oxygen atoms in total. The van der Waals surface area contributed by atoms with E-state index in [1.807, 2.05) is 0 Å². The summed E-state index contributed by atoms with van der Waals surface area (Å²) in [6.07, 6.45) is 1.06. The molecule has 0 saturated carbocycles. The van der Waals surface area contributed by atoms with Gasteiger partial charge in [0, 0.05) is 6.04 Å². The molecule has 0 aromatic carbocycles. The maximum Gasteiger partial charge on any atom is 0.0288 e. The predicted molar refractivity (Wildman–Crippen MR) is 40.4 cm³/mol. The predicted octanol–water partition coefficient (Wildman–Crippen LogP) is 1.48. The summed E-state index contributed by atoms with van der Waals surface area (Å²) >= 11 is 0. The highest BCUT2D eigenvalue weighted by molar-refractivity contribution is 5.31. The van der Waals surface area contributed by atoms with E-state index in [1.54, 1.807) is 0 Å². The van der Waals surface area contributed by atoms with Crippen molar-refractivity contribution in [3.8, 4) is 0 Å². The fourth-order valence-corrected chi connectivity index (χ4v) is 1.03. The Kier molecular flexibility index (Phi) is 1.72. The number of hydrogen-bond donors (Lipinski definition) is 1. The molecule has 1 saturated heterocycles. The minimum atomic E-state index is 0.436. The molecule has 1 aliphatic heterocycles. The van der Waals surface area contributed by atoms with E-state index in [4.69, 9.17) is 0 Å². The van der Waals surface area contributed by atoms with Gasteiger partial charge in [-0.25, -0.2) is 0 Å². The molecule has 0 aromatic rings. The number of nitrogens with one attached hydrogen (secondary N) is 1. The summed E-state index contributed by atoms with van der Waals surface area (Å²) in [5.74, 6) is 0. The first-order chi connectivity index (χ1) is 4.22. The fraction of sp³-hybridized carbons (Fsp3) is 0.500. The SMILES string of the molecule is C=C1CCNC(C)C1=C. The average molecular weight is 123 g/mol. The lowest BCUT2D eigenvalue weighted by molar-refractivity contribution is 0.574. The van der Waals surface area contributed by atoms with Crippen LogP contribution in [0.2, 0.25) is 0 Å². The zero-order valence-electron chi connectivity index (χ0n) is 5.91. The molecule has 9 heavy (non-hydrogen) atoms. The zero-order chi connectivity index (χ0) is 6.85. The van der Waals surface area contributed by atoms with Crippen LogP contribution in [0.4, 0.5) is 0 Å². The Morgan fingerprint density at radius 2 is 2.22 bits per heavy atom. The standard InChI is InChI=1S/C8H13N/c1-6-4-5-9-8(3)7(6)2/h8-9H,1-2,4-5H2,3H3. The fourth-order valence-electron chi connectivity index (χ4n) is 1.03. The third-order valence-corrected chi connectivity index (χ3v) is 1.85. The lowest BCUT2D eigenvalue weighted by Gasteiger charge is -2.24. The molecule has 1 atom stereocenters. The largest absolute Gasteiger partial charge is 0.310 e. The van der Waals surface area contributed by atoms with Crippen molar-refractivity contribution in [3.05, 3.63) is 24.3 Å². The number of piperidine rings is 1. The van der Waals surface area contributed by atoms with Crippen LogP contribution in [0.15, 0.2) is 24.3 Å². The van der Waals surface area contributed by atoms with E-state index >= 15 is 0 Å². The summed E-state index contributed by atoms with van der Waals surface area (Å²) in [6, 6.07) is 0.436. The van der Waals surface area contributed by atoms with Crippen molar-refractivity contribution in [3.63, 3.8) is 0 Å². The van der Waals surface area contributed by atoms with E-state index in [0.717, 1.165) is 13.0 Å². The molecule has 0 radical (unpaired) electrons. The van der Waals surface area contributed by atoms with Crippen molar-refractivity contribution in [1.82, 2.24) is 5.32 Å². The number of hydrogen-bond acceptors (Lipinski definition) is 1. The summed E-state index contributed by atoms with van der Waals surface area (Å²) in [4.78, 5) is 0. The topological polar surface area (TPSA) is 12.0 Å².